The van der Waals surface area contributed by atoms with Crippen molar-refractivity contribution in [1.29, 1.82) is 0 Å². The van der Waals surface area contributed by atoms with Crippen LogP contribution in [0.3, 0.4) is 0 Å². The van der Waals surface area contributed by atoms with Crippen LogP contribution in [0, 0.1) is 10.1 Å². The summed E-state index contributed by atoms with van der Waals surface area (Å²) in [7, 11) is 1.68. The third-order valence-corrected chi connectivity index (χ3v) is 2.08. The first-order valence-corrected chi connectivity index (χ1v) is 4.86. The van der Waals surface area contributed by atoms with E-state index >= 15 is 0 Å². The maximum absolute atomic E-state index is 10.4. The minimum absolute atomic E-state index is 0.0631. The second kappa shape index (κ2) is 4.56. The third-order valence-electron chi connectivity index (χ3n) is 2.08. The number of hydrogen-bond donors (Lipinski definition) is 1. The fourth-order valence-corrected chi connectivity index (χ4v) is 1.28. The van der Waals surface area contributed by atoms with E-state index in [4.69, 9.17) is 0 Å². The van der Waals surface area contributed by atoms with E-state index in [0.29, 0.717) is 12.4 Å². The molecule has 0 aliphatic carbocycles. The van der Waals surface area contributed by atoms with Crippen LogP contribution in [-0.2, 0) is 13.6 Å². The van der Waals surface area contributed by atoms with Crippen molar-refractivity contribution in [1.82, 2.24) is 20.2 Å². The summed E-state index contributed by atoms with van der Waals surface area (Å²) in [6.45, 7) is 0.422. The molecule has 0 unspecified atom stereocenters. The standard InChI is InChI=1S/C9H10N6O2/c1-14-12-9(11-13-14)6-10-7-2-4-8(5-3-7)15(16)17/h2-5,10H,6H2,1H3. The van der Waals surface area contributed by atoms with Crippen LogP contribution in [0.2, 0.25) is 0 Å². The van der Waals surface area contributed by atoms with Gasteiger partial charge in [-0.3, -0.25) is 10.1 Å². The maximum atomic E-state index is 10.4. The summed E-state index contributed by atoms with van der Waals surface area (Å²) in [6.07, 6.45) is 0. The van der Waals surface area contributed by atoms with Crippen LogP contribution in [0.25, 0.3) is 0 Å². The Balaban J connectivity index is 1.97. The van der Waals surface area contributed by atoms with Gasteiger partial charge in [0, 0.05) is 17.8 Å². The number of hydrogen-bond acceptors (Lipinski definition) is 6. The Kier molecular flexibility index (Phi) is 2.95. The maximum Gasteiger partial charge on any atom is 0.269 e. The molecule has 0 atom stereocenters. The van der Waals surface area contributed by atoms with Gasteiger partial charge in [0.05, 0.1) is 18.5 Å². The summed E-state index contributed by atoms with van der Waals surface area (Å²) >= 11 is 0. The first-order chi connectivity index (χ1) is 8.15. The highest BCUT2D eigenvalue weighted by atomic mass is 16.6. The fourth-order valence-electron chi connectivity index (χ4n) is 1.28. The van der Waals surface area contributed by atoms with E-state index in [9.17, 15) is 10.1 Å². The molecule has 0 radical (unpaired) electrons. The molecule has 0 aliphatic rings. The van der Waals surface area contributed by atoms with Crippen LogP contribution in [0.1, 0.15) is 5.82 Å². The Morgan fingerprint density at radius 3 is 2.65 bits per heavy atom. The van der Waals surface area contributed by atoms with Gasteiger partial charge in [0.15, 0.2) is 5.82 Å². The van der Waals surface area contributed by atoms with E-state index in [-0.39, 0.29) is 5.69 Å². The Hall–Kier alpha value is -2.51. The molecule has 0 saturated heterocycles. The van der Waals surface area contributed by atoms with E-state index in [1.54, 1.807) is 19.2 Å². The number of rotatable bonds is 4. The lowest BCUT2D eigenvalue weighted by atomic mass is 10.3. The summed E-state index contributed by atoms with van der Waals surface area (Å²) in [5.41, 5.74) is 0.830. The number of nitrogens with one attached hydrogen (secondary N) is 1. The molecule has 0 bridgehead atoms. The predicted molar refractivity (Wildman–Crippen MR) is 59.2 cm³/mol. The number of benzene rings is 1. The average molecular weight is 234 g/mol. The minimum Gasteiger partial charge on any atom is -0.378 e. The molecule has 0 fully saturated rings. The molecule has 17 heavy (non-hydrogen) atoms. The molecule has 2 rings (SSSR count). The Bertz CT molecular complexity index is 521. The SMILES string of the molecule is Cn1nnc(CNc2ccc([N+](=O)[O-])cc2)n1. The van der Waals surface area contributed by atoms with Crippen molar-refractivity contribution < 1.29 is 4.92 Å². The van der Waals surface area contributed by atoms with E-state index < -0.39 is 4.92 Å². The molecule has 0 amide bonds. The van der Waals surface area contributed by atoms with Crippen LogP contribution in [0.15, 0.2) is 24.3 Å². The average Bonchev–Trinajstić information content (AvgIpc) is 2.73. The van der Waals surface area contributed by atoms with E-state index in [2.05, 4.69) is 20.7 Å². The smallest absolute Gasteiger partial charge is 0.269 e. The lowest BCUT2D eigenvalue weighted by molar-refractivity contribution is -0.384. The molecule has 8 nitrogen and oxygen atoms in total. The summed E-state index contributed by atoms with van der Waals surface area (Å²) in [5, 5.41) is 25.0. The monoisotopic (exact) mass is 234 g/mol. The zero-order chi connectivity index (χ0) is 12.3. The molecule has 1 aromatic heterocycles. The highest BCUT2D eigenvalue weighted by Gasteiger charge is 2.04. The van der Waals surface area contributed by atoms with Gasteiger partial charge in [-0.1, -0.05) is 0 Å². The van der Waals surface area contributed by atoms with Gasteiger partial charge in [-0.25, -0.2) is 0 Å². The lowest BCUT2D eigenvalue weighted by Crippen LogP contribution is -2.02. The molecular weight excluding hydrogens is 224 g/mol. The van der Waals surface area contributed by atoms with Gasteiger partial charge in [-0.05, 0) is 17.3 Å². The number of nitrogens with zero attached hydrogens (tertiary/aromatic N) is 5. The van der Waals surface area contributed by atoms with Crippen LogP contribution >= 0.6 is 0 Å². The van der Waals surface area contributed by atoms with Crippen molar-refractivity contribution >= 4 is 11.4 Å². The number of aromatic nitrogens is 4. The fraction of sp³-hybridized carbons (Fsp3) is 0.222. The Morgan fingerprint density at radius 1 is 1.41 bits per heavy atom. The highest BCUT2D eigenvalue weighted by Crippen LogP contribution is 2.15. The third kappa shape index (κ3) is 2.74. The molecule has 88 valence electrons. The molecule has 8 heteroatoms. The number of nitro benzene ring substituents is 1. The number of nitro groups is 1. The topological polar surface area (TPSA) is 98.8 Å². The highest BCUT2D eigenvalue weighted by molar-refractivity contribution is 5.48. The first-order valence-electron chi connectivity index (χ1n) is 4.86. The summed E-state index contributed by atoms with van der Waals surface area (Å²) in [6, 6.07) is 6.14. The van der Waals surface area contributed by atoms with Gasteiger partial charge in [-0.15, -0.1) is 10.2 Å². The van der Waals surface area contributed by atoms with Crippen LogP contribution in [0.4, 0.5) is 11.4 Å². The quantitative estimate of drug-likeness (QED) is 0.618. The van der Waals surface area contributed by atoms with Crippen molar-refractivity contribution in [3.8, 4) is 0 Å². The molecule has 1 N–H and O–H groups in total. The van der Waals surface area contributed by atoms with Crippen molar-refractivity contribution in [2.45, 2.75) is 6.54 Å². The van der Waals surface area contributed by atoms with Gasteiger partial charge in [-0.2, -0.15) is 4.80 Å². The van der Waals surface area contributed by atoms with Crippen molar-refractivity contribution in [3.63, 3.8) is 0 Å². The molecule has 0 spiro atoms. The van der Waals surface area contributed by atoms with Gasteiger partial charge in [0.25, 0.3) is 5.69 Å². The van der Waals surface area contributed by atoms with Crippen LogP contribution in [-0.4, -0.2) is 25.1 Å². The van der Waals surface area contributed by atoms with E-state index in [1.807, 2.05) is 0 Å². The Labute approximate surface area is 96.4 Å². The number of anilines is 1. The van der Waals surface area contributed by atoms with Gasteiger partial charge in [0.1, 0.15) is 0 Å². The second-order valence-corrected chi connectivity index (χ2v) is 3.35. The Morgan fingerprint density at radius 2 is 2.12 bits per heavy atom. The van der Waals surface area contributed by atoms with E-state index in [0.717, 1.165) is 5.69 Å². The minimum atomic E-state index is -0.437. The number of non-ortho nitro benzene ring substituents is 1. The van der Waals surface area contributed by atoms with Crippen molar-refractivity contribution in [2.75, 3.05) is 5.32 Å². The summed E-state index contributed by atoms with van der Waals surface area (Å²) in [5.74, 6) is 0.561. The lowest BCUT2D eigenvalue weighted by Gasteiger charge is -2.02. The predicted octanol–water partition coefficient (Wildman–Crippen LogP) is 0.730. The van der Waals surface area contributed by atoms with E-state index in [1.165, 1.54) is 16.9 Å². The summed E-state index contributed by atoms with van der Waals surface area (Å²) < 4.78 is 0. The van der Waals surface area contributed by atoms with Gasteiger partial charge < -0.3 is 5.32 Å². The van der Waals surface area contributed by atoms with Gasteiger partial charge in [0.2, 0.25) is 0 Å². The normalized spacial score (nSPS) is 10.2. The summed E-state index contributed by atoms with van der Waals surface area (Å²) in [4.78, 5) is 11.4. The van der Waals surface area contributed by atoms with Gasteiger partial charge >= 0.3 is 0 Å². The molecule has 0 aliphatic heterocycles. The molecular formula is C9H10N6O2. The zero-order valence-electron chi connectivity index (χ0n) is 9.07. The molecule has 1 aromatic carbocycles. The zero-order valence-corrected chi connectivity index (χ0v) is 9.07. The van der Waals surface area contributed by atoms with Crippen molar-refractivity contribution in [2.24, 2.45) is 7.05 Å². The first kappa shape index (κ1) is 11.0. The molecule has 2 aromatic rings. The molecule has 0 saturated carbocycles. The largest absolute Gasteiger partial charge is 0.378 e. The van der Waals surface area contributed by atoms with Crippen LogP contribution in [0.5, 0.6) is 0 Å². The second-order valence-electron chi connectivity index (χ2n) is 3.35. The number of tetrazole rings is 1. The molecule has 1 heterocycles. The van der Waals surface area contributed by atoms with Crippen LogP contribution < -0.4 is 5.32 Å². The van der Waals surface area contributed by atoms with Crippen molar-refractivity contribution in [3.05, 3.63) is 40.2 Å². The number of aryl methyl sites for hydroxylation is 1.